The Bertz CT molecular complexity index is 1220. The Kier molecular flexibility index (Phi) is 4.94. The molecular formula is C22H17N3O4. The van der Waals surface area contributed by atoms with Crippen LogP contribution in [0.15, 0.2) is 77.6 Å². The summed E-state index contributed by atoms with van der Waals surface area (Å²) >= 11 is 0. The van der Waals surface area contributed by atoms with Crippen LogP contribution in [0.1, 0.15) is 15.9 Å². The van der Waals surface area contributed by atoms with Gasteiger partial charge in [-0.15, -0.1) is 0 Å². The number of carbonyl (C=O) groups excluding carboxylic acids is 2. The van der Waals surface area contributed by atoms with Crippen molar-refractivity contribution in [2.45, 2.75) is 0 Å². The van der Waals surface area contributed by atoms with Crippen molar-refractivity contribution in [2.75, 3.05) is 11.9 Å². The van der Waals surface area contributed by atoms with E-state index in [0.29, 0.717) is 33.6 Å². The van der Waals surface area contributed by atoms with Crippen molar-refractivity contribution in [3.8, 4) is 5.75 Å². The number of aromatic nitrogens is 2. The van der Waals surface area contributed by atoms with Crippen LogP contribution in [-0.4, -0.2) is 28.3 Å². The Morgan fingerprint density at radius 3 is 2.28 bits per heavy atom. The zero-order valence-corrected chi connectivity index (χ0v) is 15.3. The summed E-state index contributed by atoms with van der Waals surface area (Å²) in [6.45, 7) is -0.187. The fourth-order valence-electron chi connectivity index (χ4n) is 2.91. The van der Waals surface area contributed by atoms with Gasteiger partial charge in [-0.05, 0) is 42.5 Å². The summed E-state index contributed by atoms with van der Waals surface area (Å²) in [4.78, 5) is 41.1. The maximum absolute atomic E-state index is 12.4. The number of carbonyl (C=O) groups is 2. The molecule has 0 aliphatic carbocycles. The fourth-order valence-corrected chi connectivity index (χ4v) is 2.91. The monoisotopic (exact) mass is 387 g/mol. The number of hydrogen-bond donors (Lipinski definition) is 3. The molecule has 4 aromatic rings. The van der Waals surface area contributed by atoms with E-state index in [2.05, 4.69) is 15.3 Å². The molecule has 0 saturated carbocycles. The lowest BCUT2D eigenvalue weighted by Crippen LogP contribution is -2.20. The van der Waals surface area contributed by atoms with Crippen molar-refractivity contribution < 1.29 is 14.3 Å². The number of H-pyrrole nitrogens is 2. The van der Waals surface area contributed by atoms with E-state index < -0.39 is 0 Å². The van der Waals surface area contributed by atoms with Crippen molar-refractivity contribution in [3.05, 3.63) is 94.4 Å². The third-order valence-corrected chi connectivity index (χ3v) is 4.32. The number of anilines is 1. The molecule has 3 aromatic carbocycles. The molecule has 0 spiro atoms. The van der Waals surface area contributed by atoms with Crippen LogP contribution in [0.25, 0.3) is 11.0 Å². The topological polar surface area (TPSA) is 104 Å². The second-order valence-electron chi connectivity index (χ2n) is 6.40. The van der Waals surface area contributed by atoms with Gasteiger partial charge in [-0.25, -0.2) is 4.79 Å². The van der Waals surface area contributed by atoms with Gasteiger partial charge in [-0.3, -0.25) is 9.59 Å². The highest BCUT2D eigenvalue weighted by molar-refractivity contribution is 6.09. The third-order valence-electron chi connectivity index (χ3n) is 4.32. The van der Waals surface area contributed by atoms with E-state index in [-0.39, 0.29) is 24.0 Å². The van der Waals surface area contributed by atoms with E-state index >= 15 is 0 Å². The van der Waals surface area contributed by atoms with E-state index in [9.17, 15) is 14.4 Å². The largest absolute Gasteiger partial charge is 0.484 e. The number of benzene rings is 3. The molecule has 0 aliphatic heterocycles. The predicted octanol–water partition coefficient (Wildman–Crippen LogP) is 3.10. The Morgan fingerprint density at radius 1 is 0.828 bits per heavy atom. The lowest BCUT2D eigenvalue weighted by molar-refractivity contribution is -0.118. The van der Waals surface area contributed by atoms with Crippen molar-refractivity contribution in [1.82, 2.24) is 9.97 Å². The second kappa shape index (κ2) is 7.85. The number of ketones is 1. The summed E-state index contributed by atoms with van der Waals surface area (Å²) in [5.74, 6) is 0.0648. The second-order valence-corrected chi connectivity index (χ2v) is 6.40. The van der Waals surface area contributed by atoms with E-state index in [1.165, 1.54) is 0 Å². The average molecular weight is 387 g/mol. The summed E-state index contributed by atoms with van der Waals surface area (Å²) in [7, 11) is 0. The minimum absolute atomic E-state index is 0.0758. The predicted molar refractivity (Wildman–Crippen MR) is 109 cm³/mol. The standard InChI is InChI=1S/C22H17N3O4/c26-20(23-16-8-11-18-19(12-16)25-22(28)24-18)13-29-17-9-6-15(7-10-17)21(27)14-4-2-1-3-5-14/h1-12H,13H2,(H,23,26)(H2,24,25,28). The molecule has 0 fully saturated rings. The third kappa shape index (κ3) is 4.24. The van der Waals surface area contributed by atoms with Crippen LogP contribution < -0.4 is 15.7 Å². The lowest BCUT2D eigenvalue weighted by atomic mass is 10.0. The molecule has 4 rings (SSSR count). The molecule has 0 saturated heterocycles. The van der Waals surface area contributed by atoms with Gasteiger partial charge in [0.05, 0.1) is 11.0 Å². The van der Waals surface area contributed by atoms with Crippen molar-refractivity contribution >= 4 is 28.4 Å². The minimum Gasteiger partial charge on any atom is -0.484 e. The number of amides is 1. The Hall–Kier alpha value is -4.13. The number of fused-ring (bicyclic) bond motifs is 1. The zero-order chi connectivity index (χ0) is 20.2. The van der Waals surface area contributed by atoms with Gasteiger partial charge in [-0.2, -0.15) is 0 Å². The van der Waals surface area contributed by atoms with Crippen LogP contribution in [0, 0.1) is 0 Å². The maximum Gasteiger partial charge on any atom is 0.323 e. The SMILES string of the molecule is O=C(COc1ccc(C(=O)c2ccccc2)cc1)Nc1ccc2[nH]c(=O)[nH]c2c1. The van der Waals surface area contributed by atoms with Crippen LogP contribution in [0.3, 0.4) is 0 Å². The first-order valence-corrected chi connectivity index (χ1v) is 8.93. The molecule has 29 heavy (non-hydrogen) atoms. The first-order valence-electron chi connectivity index (χ1n) is 8.93. The van der Waals surface area contributed by atoms with Crippen molar-refractivity contribution in [3.63, 3.8) is 0 Å². The van der Waals surface area contributed by atoms with Gasteiger partial charge in [0.2, 0.25) is 0 Å². The number of rotatable bonds is 6. The van der Waals surface area contributed by atoms with Gasteiger partial charge < -0.3 is 20.0 Å². The smallest absolute Gasteiger partial charge is 0.323 e. The molecule has 1 heterocycles. The minimum atomic E-state index is -0.341. The highest BCUT2D eigenvalue weighted by Crippen LogP contribution is 2.17. The molecule has 7 nitrogen and oxygen atoms in total. The first-order chi connectivity index (χ1) is 14.1. The number of aromatic amines is 2. The van der Waals surface area contributed by atoms with Crippen molar-refractivity contribution in [1.29, 1.82) is 0 Å². The molecule has 0 unspecified atom stereocenters. The molecule has 0 atom stereocenters. The number of imidazole rings is 1. The van der Waals surface area contributed by atoms with Gasteiger partial charge in [0.15, 0.2) is 12.4 Å². The summed E-state index contributed by atoms with van der Waals surface area (Å²) in [5, 5.41) is 2.71. The summed E-state index contributed by atoms with van der Waals surface area (Å²) in [6, 6.07) is 20.7. The lowest BCUT2D eigenvalue weighted by Gasteiger charge is -2.08. The highest BCUT2D eigenvalue weighted by Gasteiger charge is 2.09. The molecule has 1 amide bonds. The molecule has 0 radical (unpaired) electrons. The number of nitrogens with one attached hydrogen (secondary N) is 3. The summed E-state index contributed by atoms with van der Waals surface area (Å²) in [6.07, 6.45) is 0. The number of ether oxygens (including phenoxy) is 1. The molecule has 0 aliphatic rings. The van der Waals surface area contributed by atoms with E-state index in [1.54, 1.807) is 54.6 Å². The summed E-state index contributed by atoms with van der Waals surface area (Å²) in [5.41, 5.74) is 2.66. The van der Waals surface area contributed by atoms with Gasteiger partial charge in [-0.1, -0.05) is 30.3 Å². The average Bonchev–Trinajstić information content (AvgIpc) is 3.12. The normalized spacial score (nSPS) is 10.6. The fraction of sp³-hybridized carbons (Fsp3) is 0.0455. The van der Waals surface area contributed by atoms with Crippen LogP contribution in [0.5, 0.6) is 5.75 Å². The van der Waals surface area contributed by atoms with Gasteiger partial charge >= 0.3 is 5.69 Å². The van der Waals surface area contributed by atoms with Crippen molar-refractivity contribution in [2.24, 2.45) is 0 Å². The van der Waals surface area contributed by atoms with E-state index in [1.807, 2.05) is 18.2 Å². The molecule has 7 heteroatoms. The Balaban J connectivity index is 1.35. The first kappa shape index (κ1) is 18.2. The summed E-state index contributed by atoms with van der Waals surface area (Å²) < 4.78 is 5.48. The molecule has 1 aromatic heterocycles. The zero-order valence-electron chi connectivity index (χ0n) is 15.3. The van der Waals surface area contributed by atoms with Crippen LogP contribution in [-0.2, 0) is 4.79 Å². The molecule has 0 bridgehead atoms. The van der Waals surface area contributed by atoms with E-state index in [4.69, 9.17) is 4.74 Å². The molecular weight excluding hydrogens is 370 g/mol. The highest BCUT2D eigenvalue weighted by atomic mass is 16.5. The van der Waals surface area contributed by atoms with Gasteiger partial charge in [0.25, 0.3) is 5.91 Å². The van der Waals surface area contributed by atoms with Gasteiger partial charge in [0, 0.05) is 16.8 Å². The Labute approximate surface area is 165 Å². The van der Waals surface area contributed by atoms with Gasteiger partial charge in [0.1, 0.15) is 5.75 Å². The molecule has 144 valence electrons. The van der Waals surface area contributed by atoms with E-state index in [0.717, 1.165) is 0 Å². The Morgan fingerprint density at radius 2 is 1.52 bits per heavy atom. The van der Waals surface area contributed by atoms with Crippen LogP contribution in [0.4, 0.5) is 5.69 Å². The van der Waals surface area contributed by atoms with Crippen LogP contribution in [0.2, 0.25) is 0 Å². The quantitative estimate of drug-likeness (QED) is 0.442. The number of hydrogen-bond acceptors (Lipinski definition) is 4. The maximum atomic E-state index is 12.4. The molecule has 3 N–H and O–H groups in total. The van der Waals surface area contributed by atoms with Crippen LogP contribution >= 0.6 is 0 Å².